The molecule has 0 spiro atoms. The third kappa shape index (κ3) is 6.75. The van der Waals surface area contributed by atoms with E-state index in [1.54, 1.807) is 12.1 Å². The van der Waals surface area contributed by atoms with E-state index in [9.17, 15) is 4.39 Å². The summed E-state index contributed by atoms with van der Waals surface area (Å²) in [6.45, 7) is 4.37. The van der Waals surface area contributed by atoms with E-state index in [1.165, 1.54) is 36.8 Å². The van der Waals surface area contributed by atoms with Crippen molar-refractivity contribution in [3.63, 3.8) is 0 Å². The zero-order valence-corrected chi connectivity index (χ0v) is 19.5. The molecule has 0 radical (unpaired) electrons. The zero-order valence-electron chi connectivity index (χ0n) is 18.8. The van der Waals surface area contributed by atoms with E-state index >= 15 is 0 Å². The van der Waals surface area contributed by atoms with Crippen molar-refractivity contribution in [2.24, 2.45) is 0 Å². The second kappa shape index (κ2) is 12.1. The van der Waals surface area contributed by atoms with E-state index in [4.69, 9.17) is 11.6 Å². The molecule has 0 aliphatic carbocycles. The average Bonchev–Trinajstić information content (AvgIpc) is 2.83. The number of rotatable bonds is 6. The molecule has 3 aromatic rings. The van der Waals surface area contributed by atoms with Crippen LogP contribution < -0.4 is 0 Å². The maximum Gasteiger partial charge on any atom is 0.158 e. The van der Waals surface area contributed by atoms with Crippen LogP contribution in [0.4, 0.5) is 4.39 Å². The molecule has 0 aliphatic rings. The average molecular weight is 443 g/mol. The minimum absolute atomic E-state index is 0.0128. The van der Waals surface area contributed by atoms with Crippen molar-refractivity contribution in [2.75, 3.05) is 0 Å². The molecule has 3 rings (SSSR count). The van der Waals surface area contributed by atoms with Crippen molar-refractivity contribution in [2.45, 2.75) is 52.4 Å². The summed E-state index contributed by atoms with van der Waals surface area (Å²) in [5, 5.41) is 0.0128. The Morgan fingerprint density at radius 1 is 0.625 bits per heavy atom. The molecule has 0 saturated heterocycles. The quantitative estimate of drug-likeness (QED) is 0.339. The van der Waals surface area contributed by atoms with Gasteiger partial charge >= 0.3 is 0 Å². The van der Waals surface area contributed by atoms with Crippen LogP contribution in [0.2, 0.25) is 5.02 Å². The van der Waals surface area contributed by atoms with Crippen LogP contribution in [0.5, 0.6) is 0 Å². The maximum absolute atomic E-state index is 14.8. The second-order valence-corrected chi connectivity index (χ2v) is 8.27. The number of hydrogen-bond donors (Lipinski definition) is 0. The van der Waals surface area contributed by atoms with Crippen molar-refractivity contribution in [3.8, 4) is 23.7 Å². The molecule has 0 heterocycles. The fraction of sp³-hybridized carbons (Fsp3) is 0.267. The van der Waals surface area contributed by atoms with E-state index in [1.807, 2.05) is 24.3 Å². The second-order valence-electron chi connectivity index (χ2n) is 7.89. The minimum atomic E-state index is -0.527. The number of unbranched alkanes of at least 4 members (excludes halogenated alkanes) is 2. The zero-order chi connectivity index (χ0) is 22.8. The molecule has 0 atom stereocenters. The molecular weight excluding hydrogens is 415 g/mol. The van der Waals surface area contributed by atoms with E-state index in [-0.39, 0.29) is 10.6 Å². The molecule has 0 nitrogen and oxygen atoms in total. The summed E-state index contributed by atoms with van der Waals surface area (Å²) in [5.41, 5.74) is 5.08. The van der Waals surface area contributed by atoms with Crippen LogP contribution in [-0.2, 0) is 12.8 Å². The number of benzene rings is 3. The van der Waals surface area contributed by atoms with Gasteiger partial charge in [0.25, 0.3) is 0 Å². The Hall–Kier alpha value is -3.00. The Kier molecular flexibility index (Phi) is 8.98. The number of hydrogen-bond acceptors (Lipinski definition) is 0. The van der Waals surface area contributed by atoms with Crippen molar-refractivity contribution >= 4 is 11.6 Å². The lowest BCUT2D eigenvalue weighted by Crippen LogP contribution is -1.90. The van der Waals surface area contributed by atoms with Gasteiger partial charge in [0.05, 0.1) is 10.6 Å². The van der Waals surface area contributed by atoms with Crippen LogP contribution in [0.1, 0.15) is 72.9 Å². The van der Waals surface area contributed by atoms with Gasteiger partial charge in [0.1, 0.15) is 0 Å². The number of aryl methyl sites for hydroxylation is 2. The monoisotopic (exact) mass is 442 g/mol. The van der Waals surface area contributed by atoms with E-state index in [2.05, 4.69) is 61.8 Å². The first-order valence-corrected chi connectivity index (χ1v) is 11.7. The summed E-state index contributed by atoms with van der Waals surface area (Å²) < 4.78 is 14.8. The highest BCUT2D eigenvalue weighted by Gasteiger charge is 2.09. The van der Waals surface area contributed by atoms with Gasteiger partial charge in [-0.05, 0) is 73.2 Å². The lowest BCUT2D eigenvalue weighted by Gasteiger charge is -2.02. The molecule has 0 N–H and O–H groups in total. The van der Waals surface area contributed by atoms with Gasteiger partial charge < -0.3 is 0 Å². The van der Waals surface area contributed by atoms with Gasteiger partial charge in [-0.1, -0.05) is 86.2 Å². The largest absolute Gasteiger partial charge is 0.204 e. The Bertz CT molecular complexity index is 1060. The molecule has 2 heteroatoms. The molecular formula is C30H28ClF. The summed E-state index contributed by atoms with van der Waals surface area (Å²) in [5.74, 6) is 11.5. The van der Waals surface area contributed by atoms with Crippen LogP contribution in [0.25, 0.3) is 0 Å². The van der Waals surface area contributed by atoms with E-state index < -0.39 is 5.82 Å². The third-order valence-corrected chi connectivity index (χ3v) is 5.68. The van der Waals surface area contributed by atoms with Crippen molar-refractivity contribution in [3.05, 3.63) is 105 Å². The third-order valence-electron chi connectivity index (χ3n) is 5.31. The fourth-order valence-corrected chi connectivity index (χ4v) is 3.50. The summed E-state index contributed by atoms with van der Waals surface area (Å²) in [6.07, 6.45) is 6.85. The van der Waals surface area contributed by atoms with Crippen molar-refractivity contribution in [1.29, 1.82) is 0 Å². The molecule has 3 aromatic carbocycles. The Morgan fingerprint density at radius 3 is 1.53 bits per heavy atom. The fourth-order valence-electron chi connectivity index (χ4n) is 3.29. The molecule has 0 aromatic heterocycles. The first-order chi connectivity index (χ1) is 15.6. The SMILES string of the molecule is CCCCc1ccc(C#Cc2ccc(C#Cc3ccc(CCCC)cc3)c(Cl)c2F)cc1. The molecule has 0 amide bonds. The standard InChI is InChI=1S/C30H28ClF/c1-3-5-7-23-9-13-25(14-10-23)17-19-27-21-22-28(30(32)29(27)31)20-18-26-15-11-24(12-16-26)8-6-4-2/h9-16,21-22H,3-8H2,1-2H3. The molecule has 0 bridgehead atoms. The lowest BCUT2D eigenvalue weighted by atomic mass is 10.1. The highest BCUT2D eigenvalue weighted by Crippen LogP contribution is 2.22. The summed E-state index contributed by atoms with van der Waals surface area (Å²) >= 11 is 6.25. The predicted molar refractivity (Wildman–Crippen MR) is 133 cm³/mol. The summed E-state index contributed by atoms with van der Waals surface area (Å²) in [7, 11) is 0. The van der Waals surface area contributed by atoms with Gasteiger partial charge in [0.2, 0.25) is 0 Å². The van der Waals surface area contributed by atoms with Gasteiger partial charge in [-0.25, -0.2) is 4.39 Å². The van der Waals surface area contributed by atoms with Gasteiger partial charge in [-0.2, -0.15) is 0 Å². The smallest absolute Gasteiger partial charge is 0.158 e. The number of halogens is 2. The maximum atomic E-state index is 14.8. The lowest BCUT2D eigenvalue weighted by molar-refractivity contribution is 0.624. The predicted octanol–water partition coefficient (Wildman–Crippen LogP) is 7.96. The molecule has 0 unspecified atom stereocenters. The Labute approximate surface area is 196 Å². The molecule has 0 saturated carbocycles. The highest BCUT2D eigenvalue weighted by molar-refractivity contribution is 6.32. The Balaban J connectivity index is 1.72. The van der Waals surface area contributed by atoms with E-state index in [0.29, 0.717) is 5.56 Å². The first kappa shape index (κ1) is 23.7. The molecule has 162 valence electrons. The van der Waals surface area contributed by atoms with Gasteiger partial charge in [0, 0.05) is 16.7 Å². The normalized spacial score (nSPS) is 10.1. The van der Waals surface area contributed by atoms with Crippen LogP contribution in [0.15, 0.2) is 60.7 Å². The summed E-state index contributed by atoms with van der Waals surface area (Å²) in [6, 6.07) is 19.7. The molecule has 0 fully saturated rings. The highest BCUT2D eigenvalue weighted by atomic mass is 35.5. The van der Waals surface area contributed by atoms with E-state index in [0.717, 1.165) is 24.0 Å². The molecule has 32 heavy (non-hydrogen) atoms. The van der Waals surface area contributed by atoms with Crippen LogP contribution in [0.3, 0.4) is 0 Å². The minimum Gasteiger partial charge on any atom is -0.204 e. The van der Waals surface area contributed by atoms with Gasteiger partial charge in [-0.15, -0.1) is 0 Å². The van der Waals surface area contributed by atoms with Crippen LogP contribution in [0, 0.1) is 29.5 Å². The Morgan fingerprint density at radius 2 is 1.06 bits per heavy atom. The molecule has 0 aliphatic heterocycles. The summed E-state index contributed by atoms with van der Waals surface area (Å²) in [4.78, 5) is 0. The van der Waals surface area contributed by atoms with Crippen molar-refractivity contribution < 1.29 is 4.39 Å². The van der Waals surface area contributed by atoms with Gasteiger partial charge in [-0.3, -0.25) is 0 Å². The first-order valence-electron chi connectivity index (χ1n) is 11.3. The van der Waals surface area contributed by atoms with Crippen molar-refractivity contribution in [1.82, 2.24) is 0 Å². The topological polar surface area (TPSA) is 0 Å². The van der Waals surface area contributed by atoms with Crippen LogP contribution >= 0.6 is 11.6 Å². The van der Waals surface area contributed by atoms with Crippen LogP contribution in [-0.4, -0.2) is 0 Å². The van der Waals surface area contributed by atoms with Gasteiger partial charge in [0.15, 0.2) is 5.82 Å².